The molecule has 14 heavy (non-hydrogen) atoms. The van der Waals surface area contributed by atoms with Gasteiger partial charge in [-0.25, -0.2) is 4.79 Å². The Morgan fingerprint density at radius 1 is 1.36 bits per heavy atom. The van der Waals surface area contributed by atoms with Gasteiger partial charge in [-0.1, -0.05) is 13.8 Å². The van der Waals surface area contributed by atoms with E-state index in [0.29, 0.717) is 13.2 Å². The second kappa shape index (κ2) is 5.20. The molecule has 4 nitrogen and oxygen atoms in total. The summed E-state index contributed by atoms with van der Waals surface area (Å²) in [7, 11) is 1.68. The Morgan fingerprint density at radius 2 is 1.86 bits per heavy atom. The number of hydrogen-bond acceptors (Lipinski definition) is 2. The number of amides is 2. The molecule has 0 aromatic rings. The van der Waals surface area contributed by atoms with Crippen LogP contribution in [-0.2, 0) is 4.74 Å². The third-order valence-electron chi connectivity index (χ3n) is 2.80. The van der Waals surface area contributed by atoms with Crippen molar-refractivity contribution in [2.75, 3.05) is 20.3 Å². The van der Waals surface area contributed by atoms with Gasteiger partial charge in [0, 0.05) is 7.05 Å². The van der Waals surface area contributed by atoms with Gasteiger partial charge in [0.25, 0.3) is 0 Å². The lowest BCUT2D eigenvalue weighted by Gasteiger charge is -2.41. The molecular weight excluding hydrogens is 180 g/mol. The molecule has 0 bridgehead atoms. The fraction of sp³-hybridized carbons (Fsp3) is 0.900. The van der Waals surface area contributed by atoms with Gasteiger partial charge in [-0.2, -0.15) is 0 Å². The highest BCUT2D eigenvalue weighted by atomic mass is 16.5. The summed E-state index contributed by atoms with van der Waals surface area (Å²) in [5.41, 5.74) is 0. The fourth-order valence-corrected chi connectivity index (χ4v) is 1.89. The van der Waals surface area contributed by atoms with Crippen molar-refractivity contribution in [2.45, 2.75) is 38.8 Å². The first-order chi connectivity index (χ1) is 6.74. The Balaban J connectivity index is 2.72. The highest BCUT2D eigenvalue weighted by molar-refractivity contribution is 5.74. The zero-order valence-corrected chi connectivity index (χ0v) is 9.25. The van der Waals surface area contributed by atoms with Gasteiger partial charge in [0.05, 0.1) is 25.3 Å². The predicted molar refractivity (Wildman–Crippen MR) is 55.3 cm³/mol. The first-order valence-corrected chi connectivity index (χ1v) is 5.32. The van der Waals surface area contributed by atoms with Crippen LogP contribution in [0.5, 0.6) is 0 Å². The number of carbonyl (C=O) groups is 1. The monoisotopic (exact) mass is 200 g/mol. The Morgan fingerprint density at radius 3 is 2.21 bits per heavy atom. The molecule has 0 aromatic carbocycles. The molecule has 0 radical (unpaired) electrons. The van der Waals surface area contributed by atoms with E-state index >= 15 is 0 Å². The minimum atomic E-state index is 0.0204. The first kappa shape index (κ1) is 11.3. The molecule has 1 heterocycles. The van der Waals surface area contributed by atoms with E-state index in [-0.39, 0.29) is 18.1 Å². The maximum absolute atomic E-state index is 11.7. The average Bonchev–Trinajstić information content (AvgIpc) is 2.26. The van der Waals surface area contributed by atoms with Crippen LogP contribution in [-0.4, -0.2) is 43.3 Å². The van der Waals surface area contributed by atoms with Gasteiger partial charge < -0.3 is 15.0 Å². The zero-order chi connectivity index (χ0) is 10.6. The largest absolute Gasteiger partial charge is 0.377 e. The van der Waals surface area contributed by atoms with E-state index in [9.17, 15) is 4.79 Å². The Labute approximate surface area is 85.6 Å². The maximum Gasteiger partial charge on any atom is 0.317 e. The lowest BCUT2D eigenvalue weighted by atomic mass is 10.1. The number of ether oxygens (including phenoxy) is 1. The number of morpholine rings is 1. The summed E-state index contributed by atoms with van der Waals surface area (Å²) in [6, 6.07) is 0.481. The molecule has 1 saturated heterocycles. The van der Waals surface area contributed by atoms with Crippen molar-refractivity contribution in [2.24, 2.45) is 0 Å². The van der Waals surface area contributed by atoms with Crippen molar-refractivity contribution in [3.8, 4) is 0 Å². The maximum atomic E-state index is 11.7. The average molecular weight is 200 g/mol. The Bertz CT molecular complexity index is 185. The van der Waals surface area contributed by atoms with Crippen LogP contribution in [0.3, 0.4) is 0 Å². The molecule has 82 valence electrons. The fourth-order valence-electron chi connectivity index (χ4n) is 1.89. The topological polar surface area (TPSA) is 41.6 Å². The van der Waals surface area contributed by atoms with Crippen LogP contribution in [0, 0.1) is 0 Å². The molecule has 4 heteroatoms. The normalized spacial score (nSPS) is 27.5. The highest BCUT2D eigenvalue weighted by Crippen LogP contribution is 2.18. The standard InChI is InChI=1S/C10H20N2O2/c1-4-8-6-14-7-9(5-2)12(8)10(13)11-3/h8-9H,4-7H2,1-3H3,(H,11,13). The van der Waals surface area contributed by atoms with E-state index in [1.807, 2.05) is 4.90 Å². The number of nitrogens with zero attached hydrogens (tertiary/aromatic N) is 1. The minimum Gasteiger partial charge on any atom is -0.377 e. The number of hydrogen-bond donors (Lipinski definition) is 1. The first-order valence-electron chi connectivity index (χ1n) is 5.32. The lowest BCUT2D eigenvalue weighted by Crippen LogP contribution is -2.56. The molecule has 0 spiro atoms. The van der Waals surface area contributed by atoms with Gasteiger partial charge in [-0.3, -0.25) is 0 Å². The predicted octanol–water partition coefficient (Wildman–Crippen LogP) is 1.22. The van der Waals surface area contributed by atoms with Crippen molar-refractivity contribution in [1.29, 1.82) is 0 Å². The second-order valence-electron chi connectivity index (χ2n) is 3.62. The zero-order valence-electron chi connectivity index (χ0n) is 9.25. The van der Waals surface area contributed by atoms with Crippen molar-refractivity contribution in [3.63, 3.8) is 0 Å². The van der Waals surface area contributed by atoms with Crippen LogP contribution in [0.25, 0.3) is 0 Å². The van der Waals surface area contributed by atoms with Crippen LogP contribution in [0.4, 0.5) is 4.79 Å². The van der Waals surface area contributed by atoms with Crippen LogP contribution in [0.2, 0.25) is 0 Å². The molecule has 1 aliphatic heterocycles. The Hall–Kier alpha value is -0.770. The summed E-state index contributed by atoms with van der Waals surface area (Å²) in [6.07, 6.45) is 1.90. The van der Waals surface area contributed by atoms with E-state index in [4.69, 9.17) is 4.74 Å². The van der Waals surface area contributed by atoms with Gasteiger partial charge in [0.15, 0.2) is 0 Å². The molecule has 2 unspecified atom stereocenters. The number of rotatable bonds is 2. The van der Waals surface area contributed by atoms with E-state index in [2.05, 4.69) is 19.2 Å². The van der Waals surface area contributed by atoms with Gasteiger partial charge in [-0.05, 0) is 12.8 Å². The van der Waals surface area contributed by atoms with Crippen LogP contribution < -0.4 is 5.32 Å². The summed E-state index contributed by atoms with van der Waals surface area (Å²) < 4.78 is 5.48. The molecule has 1 aliphatic rings. The Kier molecular flexibility index (Phi) is 4.20. The smallest absolute Gasteiger partial charge is 0.317 e. The third kappa shape index (κ3) is 2.18. The molecule has 0 saturated carbocycles. The van der Waals surface area contributed by atoms with Crippen molar-refractivity contribution < 1.29 is 9.53 Å². The molecular formula is C10H20N2O2. The molecule has 1 rings (SSSR count). The molecule has 0 aromatic heterocycles. The van der Waals surface area contributed by atoms with Gasteiger partial charge in [-0.15, -0.1) is 0 Å². The van der Waals surface area contributed by atoms with Crippen LogP contribution in [0.1, 0.15) is 26.7 Å². The third-order valence-corrected chi connectivity index (χ3v) is 2.80. The summed E-state index contributed by atoms with van der Waals surface area (Å²) in [4.78, 5) is 13.6. The quantitative estimate of drug-likeness (QED) is 0.728. The van der Waals surface area contributed by atoms with Gasteiger partial charge in [0.1, 0.15) is 0 Å². The van der Waals surface area contributed by atoms with Gasteiger partial charge >= 0.3 is 6.03 Å². The summed E-state index contributed by atoms with van der Waals surface area (Å²) in [6.45, 7) is 5.50. The second-order valence-corrected chi connectivity index (χ2v) is 3.62. The number of carbonyl (C=O) groups excluding carboxylic acids is 1. The summed E-state index contributed by atoms with van der Waals surface area (Å²) in [5, 5.41) is 2.69. The van der Waals surface area contributed by atoms with Gasteiger partial charge in [0.2, 0.25) is 0 Å². The molecule has 1 N–H and O–H groups in total. The van der Waals surface area contributed by atoms with Crippen molar-refractivity contribution in [3.05, 3.63) is 0 Å². The molecule has 0 aliphatic carbocycles. The van der Waals surface area contributed by atoms with E-state index in [0.717, 1.165) is 12.8 Å². The van der Waals surface area contributed by atoms with E-state index in [1.54, 1.807) is 7.05 Å². The molecule has 2 atom stereocenters. The van der Waals surface area contributed by atoms with E-state index in [1.165, 1.54) is 0 Å². The van der Waals surface area contributed by atoms with Crippen molar-refractivity contribution >= 4 is 6.03 Å². The number of urea groups is 1. The SMILES string of the molecule is CCC1COCC(CC)N1C(=O)NC. The highest BCUT2D eigenvalue weighted by Gasteiger charge is 2.32. The molecule has 2 amide bonds. The van der Waals surface area contributed by atoms with Crippen molar-refractivity contribution in [1.82, 2.24) is 10.2 Å². The summed E-state index contributed by atoms with van der Waals surface area (Å²) in [5.74, 6) is 0. The van der Waals surface area contributed by atoms with Crippen LogP contribution >= 0.6 is 0 Å². The minimum absolute atomic E-state index is 0.0204. The summed E-state index contributed by atoms with van der Waals surface area (Å²) >= 11 is 0. The lowest BCUT2D eigenvalue weighted by molar-refractivity contribution is -0.0279. The number of nitrogens with one attached hydrogen (secondary N) is 1. The molecule has 1 fully saturated rings. The van der Waals surface area contributed by atoms with E-state index < -0.39 is 0 Å². The van der Waals surface area contributed by atoms with Crippen LogP contribution in [0.15, 0.2) is 0 Å².